The fourth-order valence-electron chi connectivity index (χ4n) is 3.20. The molecule has 1 saturated carbocycles. The molecule has 2 aromatic carbocycles. The number of rotatable bonds is 8. The molecule has 8 nitrogen and oxygen atoms in total. The lowest BCUT2D eigenvalue weighted by molar-refractivity contribution is -0.148. The first-order valence-electron chi connectivity index (χ1n) is 10.5. The van der Waals surface area contributed by atoms with Crippen LogP contribution < -0.4 is 10.6 Å². The van der Waals surface area contributed by atoms with Gasteiger partial charge < -0.3 is 15.4 Å². The van der Waals surface area contributed by atoms with Gasteiger partial charge in [0.05, 0.1) is 11.4 Å². The Hall–Kier alpha value is -3.94. The number of ether oxygens (including phenoxy) is 1. The SMILES string of the molecule is C[C@H](NC(=O)c1ccccc1)C(=O)OCC(=O)Nc1cc(C2CC2)nn1-c1ccccc1. The van der Waals surface area contributed by atoms with Crippen LogP contribution in [0.1, 0.15) is 41.7 Å². The third-order valence-corrected chi connectivity index (χ3v) is 5.07. The minimum Gasteiger partial charge on any atom is -0.454 e. The molecular formula is C24H24N4O4. The standard InChI is InChI=1S/C24H24N4O4/c1-16(25-23(30)18-8-4-2-5-9-18)24(31)32-15-22(29)26-21-14-20(17-12-13-17)27-28(21)19-10-6-3-7-11-19/h2-11,14,16-17H,12-13,15H2,1H3,(H,25,30)(H,26,29)/t16-/m0/s1. The van der Waals surface area contributed by atoms with Gasteiger partial charge in [-0.15, -0.1) is 0 Å². The average molecular weight is 432 g/mol. The van der Waals surface area contributed by atoms with E-state index >= 15 is 0 Å². The first kappa shape index (κ1) is 21.3. The van der Waals surface area contributed by atoms with Crippen molar-refractivity contribution in [1.82, 2.24) is 15.1 Å². The highest BCUT2D eigenvalue weighted by Gasteiger charge is 2.28. The van der Waals surface area contributed by atoms with E-state index in [1.54, 1.807) is 35.0 Å². The molecule has 8 heteroatoms. The summed E-state index contributed by atoms with van der Waals surface area (Å²) in [6.45, 7) is 1.04. The number of anilines is 1. The molecule has 1 aliphatic carbocycles. The summed E-state index contributed by atoms with van der Waals surface area (Å²) in [4.78, 5) is 36.8. The van der Waals surface area contributed by atoms with Gasteiger partial charge >= 0.3 is 5.97 Å². The summed E-state index contributed by atoms with van der Waals surface area (Å²) < 4.78 is 6.77. The van der Waals surface area contributed by atoms with Crippen LogP contribution in [0, 0.1) is 0 Å². The Balaban J connectivity index is 1.34. The predicted octanol–water partition coefficient (Wildman–Crippen LogP) is 3.05. The summed E-state index contributed by atoms with van der Waals surface area (Å²) in [5, 5.41) is 9.96. The lowest BCUT2D eigenvalue weighted by Gasteiger charge is -2.14. The Kier molecular flexibility index (Phi) is 6.30. The zero-order valence-electron chi connectivity index (χ0n) is 17.7. The zero-order chi connectivity index (χ0) is 22.5. The molecule has 0 spiro atoms. The molecule has 0 radical (unpaired) electrons. The molecule has 32 heavy (non-hydrogen) atoms. The second kappa shape index (κ2) is 9.47. The predicted molar refractivity (Wildman–Crippen MR) is 118 cm³/mol. The van der Waals surface area contributed by atoms with Crippen molar-refractivity contribution in [2.45, 2.75) is 31.7 Å². The number of esters is 1. The minimum absolute atomic E-state index is 0.390. The molecule has 1 aromatic heterocycles. The van der Waals surface area contributed by atoms with Crippen molar-refractivity contribution in [3.63, 3.8) is 0 Å². The van der Waals surface area contributed by atoms with Crippen molar-refractivity contribution in [2.24, 2.45) is 0 Å². The molecule has 1 atom stereocenters. The number of benzene rings is 2. The molecule has 1 fully saturated rings. The number of amides is 2. The van der Waals surface area contributed by atoms with Crippen LogP contribution >= 0.6 is 0 Å². The quantitative estimate of drug-likeness (QED) is 0.533. The van der Waals surface area contributed by atoms with E-state index in [1.807, 2.05) is 36.4 Å². The van der Waals surface area contributed by atoms with Crippen LogP contribution in [0.15, 0.2) is 66.7 Å². The number of nitrogens with one attached hydrogen (secondary N) is 2. The Labute approximate surface area is 185 Å². The van der Waals surface area contributed by atoms with Crippen LogP contribution in [0.5, 0.6) is 0 Å². The number of para-hydroxylation sites is 1. The molecule has 164 valence electrons. The van der Waals surface area contributed by atoms with Gasteiger partial charge in [0, 0.05) is 17.5 Å². The number of carbonyl (C=O) groups excluding carboxylic acids is 3. The van der Waals surface area contributed by atoms with Crippen molar-refractivity contribution in [1.29, 1.82) is 0 Å². The van der Waals surface area contributed by atoms with Gasteiger partial charge in [0.1, 0.15) is 11.9 Å². The number of hydrogen-bond donors (Lipinski definition) is 2. The molecule has 3 aromatic rings. The van der Waals surface area contributed by atoms with Gasteiger partial charge in [-0.1, -0.05) is 36.4 Å². The number of carbonyl (C=O) groups is 3. The van der Waals surface area contributed by atoms with E-state index in [0.29, 0.717) is 17.3 Å². The molecule has 2 N–H and O–H groups in total. The van der Waals surface area contributed by atoms with E-state index in [-0.39, 0.29) is 5.91 Å². The molecule has 2 amide bonds. The molecule has 0 bridgehead atoms. The molecule has 0 unspecified atom stereocenters. The maximum Gasteiger partial charge on any atom is 0.328 e. The van der Waals surface area contributed by atoms with Crippen molar-refractivity contribution in [3.8, 4) is 5.69 Å². The third-order valence-electron chi connectivity index (χ3n) is 5.07. The average Bonchev–Trinajstić information content (AvgIpc) is 3.59. The van der Waals surface area contributed by atoms with Crippen molar-refractivity contribution in [2.75, 3.05) is 11.9 Å². The minimum atomic E-state index is -0.896. The van der Waals surface area contributed by atoms with Crippen LogP contribution in [0.3, 0.4) is 0 Å². The fraction of sp³-hybridized carbons (Fsp3) is 0.250. The lowest BCUT2D eigenvalue weighted by Crippen LogP contribution is -2.40. The summed E-state index contributed by atoms with van der Waals surface area (Å²) in [5.74, 6) is -0.634. The topological polar surface area (TPSA) is 102 Å². The van der Waals surface area contributed by atoms with Crippen molar-refractivity contribution < 1.29 is 19.1 Å². The summed E-state index contributed by atoms with van der Waals surface area (Å²) in [6, 6.07) is 19.0. The highest BCUT2D eigenvalue weighted by molar-refractivity contribution is 5.97. The van der Waals surface area contributed by atoms with Gasteiger partial charge in [-0.05, 0) is 44.0 Å². The van der Waals surface area contributed by atoms with Gasteiger partial charge in [-0.2, -0.15) is 5.10 Å². The second-order valence-corrected chi connectivity index (χ2v) is 7.69. The molecule has 0 aliphatic heterocycles. The Morgan fingerprint density at radius 2 is 1.72 bits per heavy atom. The first-order valence-corrected chi connectivity index (χ1v) is 10.5. The Morgan fingerprint density at radius 1 is 1.06 bits per heavy atom. The molecule has 0 saturated heterocycles. The monoisotopic (exact) mass is 432 g/mol. The van der Waals surface area contributed by atoms with Gasteiger partial charge in [-0.25, -0.2) is 9.48 Å². The van der Waals surface area contributed by atoms with Gasteiger partial charge in [0.2, 0.25) is 0 Å². The first-order chi connectivity index (χ1) is 15.5. The van der Waals surface area contributed by atoms with E-state index in [9.17, 15) is 14.4 Å². The second-order valence-electron chi connectivity index (χ2n) is 7.69. The highest BCUT2D eigenvalue weighted by Crippen LogP contribution is 2.40. The molecule has 4 rings (SSSR count). The third kappa shape index (κ3) is 5.21. The van der Waals surface area contributed by atoms with Gasteiger partial charge in [-0.3, -0.25) is 9.59 Å². The summed E-state index contributed by atoms with van der Waals surface area (Å²) >= 11 is 0. The van der Waals surface area contributed by atoms with Gasteiger partial charge in [0.15, 0.2) is 6.61 Å². The van der Waals surface area contributed by atoms with E-state index in [1.165, 1.54) is 6.92 Å². The molecule has 1 heterocycles. The fourth-order valence-corrected chi connectivity index (χ4v) is 3.20. The summed E-state index contributed by atoms with van der Waals surface area (Å²) in [7, 11) is 0. The largest absolute Gasteiger partial charge is 0.454 e. The normalized spacial score (nSPS) is 13.8. The Bertz CT molecular complexity index is 1110. The smallest absolute Gasteiger partial charge is 0.328 e. The van der Waals surface area contributed by atoms with Crippen LogP contribution in [0.25, 0.3) is 5.69 Å². The number of hydrogen-bond acceptors (Lipinski definition) is 5. The summed E-state index contributed by atoms with van der Waals surface area (Å²) in [5.41, 5.74) is 2.19. The zero-order valence-corrected chi connectivity index (χ0v) is 17.7. The number of nitrogens with zero attached hydrogens (tertiary/aromatic N) is 2. The Morgan fingerprint density at radius 3 is 2.38 bits per heavy atom. The summed E-state index contributed by atoms with van der Waals surface area (Å²) in [6.07, 6.45) is 2.17. The lowest BCUT2D eigenvalue weighted by atomic mass is 10.2. The maximum absolute atomic E-state index is 12.4. The van der Waals surface area contributed by atoms with Crippen LogP contribution in [0.2, 0.25) is 0 Å². The highest BCUT2D eigenvalue weighted by atomic mass is 16.5. The van der Waals surface area contributed by atoms with Crippen LogP contribution in [-0.2, 0) is 14.3 Å². The van der Waals surface area contributed by atoms with E-state index < -0.39 is 24.5 Å². The molecular weight excluding hydrogens is 408 g/mol. The molecule has 1 aliphatic rings. The van der Waals surface area contributed by atoms with Crippen molar-refractivity contribution in [3.05, 3.63) is 78.0 Å². The van der Waals surface area contributed by atoms with E-state index in [2.05, 4.69) is 15.7 Å². The van der Waals surface area contributed by atoms with Crippen LogP contribution in [0.4, 0.5) is 5.82 Å². The van der Waals surface area contributed by atoms with E-state index in [0.717, 1.165) is 24.2 Å². The van der Waals surface area contributed by atoms with E-state index in [4.69, 9.17) is 4.74 Å². The van der Waals surface area contributed by atoms with Gasteiger partial charge in [0.25, 0.3) is 11.8 Å². The van der Waals surface area contributed by atoms with Crippen molar-refractivity contribution >= 4 is 23.6 Å². The maximum atomic E-state index is 12.4. The number of aromatic nitrogens is 2. The van der Waals surface area contributed by atoms with Crippen LogP contribution in [-0.4, -0.2) is 40.2 Å².